The van der Waals surface area contributed by atoms with E-state index in [4.69, 9.17) is 0 Å². The molecule has 1 aromatic carbocycles. The fourth-order valence-electron chi connectivity index (χ4n) is 3.49. The summed E-state index contributed by atoms with van der Waals surface area (Å²) in [5.74, 6) is -0.188. The SMILES string of the molecule is Cc1nc(-c2ccccc2)sc1CNC(=O)c1nnn(C2CCNCC2)c1C. The van der Waals surface area contributed by atoms with Crippen molar-refractivity contribution in [1.82, 2.24) is 30.6 Å². The predicted octanol–water partition coefficient (Wildman–Crippen LogP) is 2.87. The molecule has 2 aromatic heterocycles. The van der Waals surface area contributed by atoms with Gasteiger partial charge in [-0.2, -0.15) is 0 Å². The molecule has 8 heteroatoms. The minimum Gasteiger partial charge on any atom is -0.346 e. The third kappa shape index (κ3) is 3.83. The average Bonchev–Trinajstić information content (AvgIpc) is 3.30. The number of hydrogen-bond acceptors (Lipinski definition) is 6. The van der Waals surface area contributed by atoms with Crippen LogP contribution in [-0.2, 0) is 6.54 Å². The molecule has 0 radical (unpaired) electrons. The lowest BCUT2D eigenvalue weighted by molar-refractivity contribution is 0.0945. The molecule has 3 heterocycles. The van der Waals surface area contributed by atoms with Gasteiger partial charge in [-0.25, -0.2) is 9.67 Å². The van der Waals surface area contributed by atoms with E-state index in [1.807, 2.05) is 48.9 Å². The van der Waals surface area contributed by atoms with Crippen molar-refractivity contribution in [1.29, 1.82) is 0 Å². The zero-order chi connectivity index (χ0) is 19.5. The Bertz CT molecular complexity index is 958. The quantitative estimate of drug-likeness (QED) is 0.693. The van der Waals surface area contributed by atoms with E-state index in [1.165, 1.54) is 0 Å². The molecule has 0 atom stereocenters. The minimum absolute atomic E-state index is 0.188. The van der Waals surface area contributed by atoms with Gasteiger partial charge in [-0.1, -0.05) is 35.5 Å². The Morgan fingerprint density at radius 3 is 2.75 bits per heavy atom. The van der Waals surface area contributed by atoms with Crippen molar-refractivity contribution < 1.29 is 4.79 Å². The number of thiazole rings is 1. The Hall–Kier alpha value is -2.58. The van der Waals surface area contributed by atoms with E-state index >= 15 is 0 Å². The van der Waals surface area contributed by atoms with Crippen LogP contribution >= 0.6 is 11.3 Å². The second-order valence-electron chi connectivity index (χ2n) is 7.03. The number of piperidine rings is 1. The van der Waals surface area contributed by atoms with Gasteiger partial charge in [-0.3, -0.25) is 4.79 Å². The smallest absolute Gasteiger partial charge is 0.274 e. The summed E-state index contributed by atoms with van der Waals surface area (Å²) in [6.45, 7) is 6.28. The molecule has 0 aliphatic carbocycles. The third-order valence-corrected chi connectivity index (χ3v) is 6.33. The molecular weight excluding hydrogens is 372 g/mol. The second-order valence-corrected chi connectivity index (χ2v) is 8.11. The zero-order valence-electron chi connectivity index (χ0n) is 16.1. The molecule has 146 valence electrons. The van der Waals surface area contributed by atoms with Crippen molar-refractivity contribution in [3.05, 3.63) is 52.3 Å². The number of aryl methyl sites for hydroxylation is 1. The maximum Gasteiger partial charge on any atom is 0.274 e. The van der Waals surface area contributed by atoms with Crippen molar-refractivity contribution in [3.63, 3.8) is 0 Å². The van der Waals surface area contributed by atoms with Crippen molar-refractivity contribution >= 4 is 17.2 Å². The van der Waals surface area contributed by atoms with E-state index in [0.717, 1.165) is 52.8 Å². The number of nitrogens with one attached hydrogen (secondary N) is 2. The second kappa shape index (κ2) is 8.20. The maximum absolute atomic E-state index is 12.7. The number of benzene rings is 1. The minimum atomic E-state index is -0.188. The summed E-state index contributed by atoms with van der Waals surface area (Å²) < 4.78 is 1.90. The van der Waals surface area contributed by atoms with Crippen LogP contribution in [0.1, 0.15) is 45.6 Å². The fraction of sp³-hybridized carbons (Fsp3) is 0.400. The number of carbonyl (C=O) groups is 1. The van der Waals surface area contributed by atoms with Crippen LogP contribution in [0, 0.1) is 13.8 Å². The summed E-state index contributed by atoms with van der Waals surface area (Å²) in [7, 11) is 0. The molecule has 0 bridgehead atoms. The monoisotopic (exact) mass is 396 g/mol. The molecule has 1 saturated heterocycles. The van der Waals surface area contributed by atoms with Gasteiger partial charge in [-0.15, -0.1) is 16.4 Å². The first-order chi connectivity index (χ1) is 13.6. The molecule has 0 unspecified atom stereocenters. The summed E-state index contributed by atoms with van der Waals surface area (Å²) >= 11 is 1.61. The molecule has 1 amide bonds. The van der Waals surface area contributed by atoms with Crippen LogP contribution in [0.4, 0.5) is 0 Å². The van der Waals surface area contributed by atoms with Gasteiger partial charge in [0.2, 0.25) is 0 Å². The summed E-state index contributed by atoms with van der Waals surface area (Å²) in [6, 6.07) is 10.4. The van der Waals surface area contributed by atoms with Crippen LogP contribution in [0.25, 0.3) is 10.6 Å². The summed E-state index contributed by atoms with van der Waals surface area (Å²) in [5, 5.41) is 15.7. The average molecular weight is 397 g/mol. The van der Waals surface area contributed by atoms with Crippen molar-refractivity contribution in [2.75, 3.05) is 13.1 Å². The summed E-state index contributed by atoms with van der Waals surface area (Å²) in [4.78, 5) is 18.4. The zero-order valence-corrected chi connectivity index (χ0v) is 16.9. The highest BCUT2D eigenvalue weighted by atomic mass is 32.1. The van der Waals surface area contributed by atoms with Crippen LogP contribution in [0.5, 0.6) is 0 Å². The normalized spacial score (nSPS) is 14.9. The van der Waals surface area contributed by atoms with E-state index in [0.29, 0.717) is 18.3 Å². The number of amides is 1. The number of aromatic nitrogens is 4. The van der Waals surface area contributed by atoms with Gasteiger partial charge >= 0.3 is 0 Å². The highest BCUT2D eigenvalue weighted by Gasteiger charge is 2.23. The fourth-order valence-corrected chi connectivity index (χ4v) is 4.50. The summed E-state index contributed by atoms with van der Waals surface area (Å²) in [6.07, 6.45) is 2.02. The van der Waals surface area contributed by atoms with Gasteiger partial charge < -0.3 is 10.6 Å². The van der Waals surface area contributed by atoms with Gasteiger partial charge in [0.05, 0.1) is 24.0 Å². The third-order valence-electron chi connectivity index (χ3n) is 5.12. The van der Waals surface area contributed by atoms with Gasteiger partial charge in [0.25, 0.3) is 5.91 Å². The molecular formula is C20H24N6OS. The lowest BCUT2D eigenvalue weighted by Gasteiger charge is -2.23. The predicted molar refractivity (Wildman–Crippen MR) is 109 cm³/mol. The Morgan fingerprint density at radius 2 is 2.00 bits per heavy atom. The van der Waals surface area contributed by atoms with Gasteiger partial charge in [0, 0.05) is 10.4 Å². The van der Waals surface area contributed by atoms with Gasteiger partial charge in [0.15, 0.2) is 5.69 Å². The number of carbonyl (C=O) groups excluding carboxylic acids is 1. The van der Waals surface area contributed by atoms with Crippen LogP contribution in [0.2, 0.25) is 0 Å². The van der Waals surface area contributed by atoms with Crippen LogP contribution in [0.15, 0.2) is 30.3 Å². The van der Waals surface area contributed by atoms with Crippen LogP contribution < -0.4 is 10.6 Å². The molecule has 4 rings (SSSR count). The van der Waals surface area contributed by atoms with E-state index in [-0.39, 0.29) is 5.91 Å². The molecule has 28 heavy (non-hydrogen) atoms. The van der Waals surface area contributed by atoms with Crippen molar-refractivity contribution in [2.45, 2.75) is 39.3 Å². The lowest BCUT2D eigenvalue weighted by atomic mass is 10.1. The largest absolute Gasteiger partial charge is 0.346 e. The first-order valence-electron chi connectivity index (χ1n) is 9.56. The highest BCUT2D eigenvalue weighted by Crippen LogP contribution is 2.27. The number of nitrogens with zero attached hydrogens (tertiary/aromatic N) is 4. The summed E-state index contributed by atoms with van der Waals surface area (Å²) in [5.41, 5.74) is 3.27. The number of rotatable bonds is 5. The van der Waals surface area contributed by atoms with Crippen molar-refractivity contribution in [3.8, 4) is 10.6 Å². The van der Waals surface area contributed by atoms with E-state index in [2.05, 4.69) is 25.9 Å². The van der Waals surface area contributed by atoms with E-state index in [1.54, 1.807) is 11.3 Å². The molecule has 0 spiro atoms. The Labute approximate surface area is 168 Å². The Morgan fingerprint density at radius 1 is 1.25 bits per heavy atom. The molecule has 1 aliphatic heterocycles. The molecule has 0 saturated carbocycles. The molecule has 7 nitrogen and oxygen atoms in total. The number of hydrogen-bond donors (Lipinski definition) is 2. The first-order valence-corrected chi connectivity index (χ1v) is 10.4. The maximum atomic E-state index is 12.7. The van der Waals surface area contributed by atoms with Crippen molar-refractivity contribution in [2.24, 2.45) is 0 Å². The topological polar surface area (TPSA) is 84.7 Å². The Balaban J connectivity index is 1.44. The van der Waals surface area contributed by atoms with E-state index in [9.17, 15) is 4.79 Å². The highest BCUT2D eigenvalue weighted by molar-refractivity contribution is 7.15. The molecule has 2 N–H and O–H groups in total. The van der Waals surface area contributed by atoms with Gasteiger partial charge in [0.1, 0.15) is 5.01 Å². The van der Waals surface area contributed by atoms with Crippen LogP contribution in [0.3, 0.4) is 0 Å². The van der Waals surface area contributed by atoms with Crippen LogP contribution in [-0.4, -0.2) is 39.0 Å². The molecule has 3 aromatic rings. The van der Waals surface area contributed by atoms with E-state index < -0.39 is 0 Å². The first kappa shape index (κ1) is 18.8. The molecule has 1 aliphatic rings. The van der Waals surface area contributed by atoms with Gasteiger partial charge in [-0.05, 0) is 39.8 Å². The lowest BCUT2D eigenvalue weighted by Crippen LogP contribution is -2.30. The Kier molecular flexibility index (Phi) is 5.50. The standard InChI is InChI=1S/C20H24N6OS/c1-13-17(28-20(23-13)15-6-4-3-5-7-15)12-22-19(27)18-14(2)26(25-24-18)16-8-10-21-11-9-16/h3-7,16,21H,8-12H2,1-2H3,(H,22,27). The molecule has 1 fully saturated rings.